The van der Waals surface area contributed by atoms with Gasteiger partial charge in [-0.2, -0.15) is 0 Å². The van der Waals surface area contributed by atoms with E-state index in [1.807, 2.05) is 20.0 Å². The summed E-state index contributed by atoms with van der Waals surface area (Å²) in [6, 6.07) is 0. The first-order chi connectivity index (χ1) is 6.15. The Balaban J connectivity index is 2.84. The summed E-state index contributed by atoms with van der Waals surface area (Å²) in [7, 11) is 0. The molecule has 1 rings (SSSR count). The summed E-state index contributed by atoms with van der Waals surface area (Å²) >= 11 is 0. The van der Waals surface area contributed by atoms with E-state index in [2.05, 4.69) is 23.8 Å². The highest BCUT2D eigenvalue weighted by Crippen LogP contribution is 2.18. The number of aryl methyl sites for hydroxylation is 2. The predicted molar refractivity (Wildman–Crippen MR) is 54.8 cm³/mol. The van der Waals surface area contributed by atoms with Crippen molar-refractivity contribution in [2.45, 2.75) is 46.5 Å². The molecule has 0 aliphatic rings. The monoisotopic (exact) mass is 178 g/mol. The zero-order chi connectivity index (χ0) is 9.84. The first-order valence-electron chi connectivity index (χ1n) is 4.95. The van der Waals surface area contributed by atoms with E-state index >= 15 is 0 Å². The van der Waals surface area contributed by atoms with Gasteiger partial charge in [-0.15, -0.1) is 0 Å². The van der Waals surface area contributed by atoms with Crippen molar-refractivity contribution in [3.63, 3.8) is 0 Å². The number of aromatic nitrogens is 2. The van der Waals surface area contributed by atoms with Crippen LogP contribution in [-0.2, 0) is 0 Å². The Morgan fingerprint density at radius 3 is 2.54 bits per heavy atom. The molecular formula is C11H18N2. The van der Waals surface area contributed by atoms with E-state index in [1.54, 1.807) is 0 Å². The summed E-state index contributed by atoms with van der Waals surface area (Å²) in [5, 5.41) is 0. The first kappa shape index (κ1) is 10.2. The van der Waals surface area contributed by atoms with Crippen molar-refractivity contribution in [1.29, 1.82) is 0 Å². The van der Waals surface area contributed by atoms with Gasteiger partial charge in [0.1, 0.15) is 0 Å². The fourth-order valence-corrected chi connectivity index (χ4v) is 1.38. The molecule has 0 fully saturated rings. The van der Waals surface area contributed by atoms with Crippen LogP contribution in [0.5, 0.6) is 0 Å². The summed E-state index contributed by atoms with van der Waals surface area (Å²) in [5.74, 6) is 0.539. The largest absolute Gasteiger partial charge is 0.258 e. The van der Waals surface area contributed by atoms with Crippen LogP contribution in [-0.4, -0.2) is 9.97 Å². The molecule has 1 atom stereocenters. The summed E-state index contributed by atoms with van der Waals surface area (Å²) < 4.78 is 0. The fourth-order valence-electron chi connectivity index (χ4n) is 1.38. The smallest absolute Gasteiger partial charge is 0.0618 e. The van der Waals surface area contributed by atoms with Crippen LogP contribution in [0.3, 0.4) is 0 Å². The van der Waals surface area contributed by atoms with Crippen LogP contribution in [0.2, 0.25) is 0 Å². The third-order valence-electron chi connectivity index (χ3n) is 2.44. The summed E-state index contributed by atoms with van der Waals surface area (Å²) in [6.07, 6.45) is 4.30. The van der Waals surface area contributed by atoms with Crippen LogP contribution in [0.4, 0.5) is 0 Å². The van der Waals surface area contributed by atoms with Gasteiger partial charge >= 0.3 is 0 Å². The number of hydrogen-bond donors (Lipinski definition) is 0. The van der Waals surface area contributed by atoms with Crippen molar-refractivity contribution in [3.8, 4) is 0 Å². The van der Waals surface area contributed by atoms with E-state index in [0.717, 1.165) is 17.1 Å². The maximum atomic E-state index is 4.53. The minimum atomic E-state index is 0.539. The number of hydrogen-bond acceptors (Lipinski definition) is 2. The Bertz CT molecular complexity index is 281. The van der Waals surface area contributed by atoms with Gasteiger partial charge in [0.15, 0.2) is 0 Å². The average Bonchev–Trinajstić information content (AvgIpc) is 2.10. The highest BCUT2D eigenvalue weighted by Gasteiger charge is 2.07. The van der Waals surface area contributed by atoms with E-state index in [-0.39, 0.29) is 0 Å². The zero-order valence-corrected chi connectivity index (χ0v) is 8.96. The van der Waals surface area contributed by atoms with E-state index in [9.17, 15) is 0 Å². The van der Waals surface area contributed by atoms with Gasteiger partial charge in [0.05, 0.1) is 17.1 Å². The lowest BCUT2D eigenvalue weighted by Gasteiger charge is -2.10. The highest BCUT2D eigenvalue weighted by molar-refractivity contribution is 5.13. The van der Waals surface area contributed by atoms with Gasteiger partial charge in [-0.25, -0.2) is 0 Å². The van der Waals surface area contributed by atoms with E-state index in [1.165, 1.54) is 12.8 Å². The molecule has 72 valence electrons. The van der Waals surface area contributed by atoms with Gasteiger partial charge in [-0.1, -0.05) is 20.3 Å². The highest BCUT2D eigenvalue weighted by atomic mass is 14.8. The van der Waals surface area contributed by atoms with Crippen molar-refractivity contribution in [1.82, 2.24) is 9.97 Å². The normalized spacial score (nSPS) is 12.9. The standard InChI is InChI=1S/C11H18N2/c1-5-6-8(2)11-7-12-9(3)10(4)13-11/h7-8H,5-6H2,1-4H3. The Hall–Kier alpha value is -0.920. The van der Waals surface area contributed by atoms with Crippen LogP contribution in [0, 0.1) is 13.8 Å². The Kier molecular flexibility index (Phi) is 3.40. The zero-order valence-electron chi connectivity index (χ0n) is 8.96. The molecule has 1 aromatic heterocycles. The molecule has 2 heteroatoms. The molecule has 0 saturated carbocycles. The SMILES string of the molecule is CCCC(C)c1cnc(C)c(C)n1. The molecule has 0 aliphatic heterocycles. The maximum absolute atomic E-state index is 4.53. The van der Waals surface area contributed by atoms with Crippen LogP contribution in [0.15, 0.2) is 6.20 Å². The molecule has 0 aromatic carbocycles. The molecule has 2 nitrogen and oxygen atoms in total. The second kappa shape index (κ2) is 4.35. The van der Waals surface area contributed by atoms with Gasteiger partial charge < -0.3 is 0 Å². The van der Waals surface area contributed by atoms with Crippen LogP contribution >= 0.6 is 0 Å². The Morgan fingerprint density at radius 2 is 2.00 bits per heavy atom. The minimum Gasteiger partial charge on any atom is -0.258 e. The van der Waals surface area contributed by atoms with Gasteiger partial charge in [0.25, 0.3) is 0 Å². The molecule has 0 saturated heterocycles. The van der Waals surface area contributed by atoms with Crippen LogP contribution in [0.1, 0.15) is 49.7 Å². The average molecular weight is 178 g/mol. The third kappa shape index (κ3) is 2.51. The molecule has 0 spiro atoms. The van der Waals surface area contributed by atoms with Crippen molar-refractivity contribution in [3.05, 3.63) is 23.3 Å². The number of rotatable bonds is 3. The fraction of sp³-hybridized carbons (Fsp3) is 0.636. The lowest BCUT2D eigenvalue weighted by Crippen LogP contribution is -2.01. The predicted octanol–water partition coefficient (Wildman–Crippen LogP) is 3.00. The van der Waals surface area contributed by atoms with Crippen molar-refractivity contribution in [2.75, 3.05) is 0 Å². The lowest BCUT2D eigenvalue weighted by molar-refractivity contribution is 0.640. The molecule has 0 radical (unpaired) electrons. The van der Waals surface area contributed by atoms with Gasteiger partial charge in [0, 0.05) is 6.20 Å². The second-order valence-corrected chi connectivity index (χ2v) is 3.66. The van der Waals surface area contributed by atoms with Crippen LogP contribution < -0.4 is 0 Å². The second-order valence-electron chi connectivity index (χ2n) is 3.66. The Morgan fingerprint density at radius 1 is 1.31 bits per heavy atom. The topological polar surface area (TPSA) is 25.8 Å². The molecule has 1 heterocycles. The van der Waals surface area contributed by atoms with Crippen molar-refractivity contribution < 1.29 is 0 Å². The Labute approximate surface area is 80.4 Å². The van der Waals surface area contributed by atoms with Crippen LogP contribution in [0.25, 0.3) is 0 Å². The molecule has 1 aromatic rings. The third-order valence-corrected chi connectivity index (χ3v) is 2.44. The quantitative estimate of drug-likeness (QED) is 0.711. The summed E-state index contributed by atoms with van der Waals surface area (Å²) in [4.78, 5) is 8.85. The lowest BCUT2D eigenvalue weighted by atomic mass is 10.0. The maximum Gasteiger partial charge on any atom is 0.0618 e. The molecule has 0 aliphatic carbocycles. The molecule has 1 unspecified atom stereocenters. The van der Waals surface area contributed by atoms with Gasteiger partial charge in [-0.3, -0.25) is 9.97 Å². The molecule has 0 N–H and O–H groups in total. The van der Waals surface area contributed by atoms with Gasteiger partial charge in [0.2, 0.25) is 0 Å². The molecule has 13 heavy (non-hydrogen) atoms. The molecule has 0 bridgehead atoms. The molecule has 0 amide bonds. The minimum absolute atomic E-state index is 0.539. The van der Waals surface area contributed by atoms with Crippen molar-refractivity contribution in [2.24, 2.45) is 0 Å². The van der Waals surface area contributed by atoms with E-state index < -0.39 is 0 Å². The van der Waals surface area contributed by atoms with Gasteiger partial charge in [-0.05, 0) is 26.2 Å². The first-order valence-corrected chi connectivity index (χ1v) is 4.95. The molecular weight excluding hydrogens is 160 g/mol. The number of nitrogens with zero attached hydrogens (tertiary/aromatic N) is 2. The van der Waals surface area contributed by atoms with E-state index in [0.29, 0.717) is 5.92 Å². The summed E-state index contributed by atoms with van der Waals surface area (Å²) in [5.41, 5.74) is 3.22. The van der Waals surface area contributed by atoms with E-state index in [4.69, 9.17) is 0 Å². The van der Waals surface area contributed by atoms with Crippen molar-refractivity contribution >= 4 is 0 Å². The summed E-state index contributed by atoms with van der Waals surface area (Å²) in [6.45, 7) is 8.42.